The normalized spacial score (nSPS) is 18.2. The summed E-state index contributed by atoms with van der Waals surface area (Å²) >= 11 is 0.912. The molecule has 3 aromatic rings. The van der Waals surface area contributed by atoms with E-state index in [1.165, 1.54) is 22.5 Å². The second kappa shape index (κ2) is 8.17. The van der Waals surface area contributed by atoms with Crippen molar-refractivity contribution in [3.63, 3.8) is 0 Å². The Morgan fingerprint density at radius 1 is 1.16 bits per heavy atom. The van der Waals surface area contributed by atoms with Gasteiger partial charge in [-0.25, -0.2) is 8.42 Å². The van der Waals surface area contributed by atoms with Gasteiger partial charge in [-0.05, 0) is 43.2 Å². The van der Waals surface area contributed by atoms with Crippen molar-refractivity contribution in [1.29, 1.82) is 0 Å². The number of aromatic nitrogens is 2. The fourth-order valence-electron chi connectivity index (χ4n) is 3.52. The number of amides is 1. The highest BCUT2D eigenvalue weighted by atomic mass is 32.2. The van der Waals surface area contributed by atoms with Gasteiger partial charge >= 0.3 is 6.18 Å². The number of hydrogen-bond acceptors (Lipinski definition) is 6. The summed E-state index contributed by atoms with van der Waals surface area (Å²) < 4.78 is 74.4. The Kier molecular flexibility index (Phi) is 5.71. The first-order chi connectivity index (χ1) is 14.7. The smallest absolute Gasteiger partial charge is 0.326 e. The molecule has 1 aromatic heterocycles. The van der Waals surface area contributed by atoms with Crippen molar-refractivity contribution in [2.75, 3.05) is 18.4 Å². The molecular formula is C19H17F3N4O3S2. The number of rotatable bonds is 4. The van der Waals surface area contributed by atoms with Crippen molar-refractivity contribution in [1.82, 2.24) is 13.1 Å². The van der Waals surface area contributed by atoms with E-state index in [4.69, 9.17) is 0 Å². The zero-order valence-corrected chi connectivity index (χ0v) is 17.6. The van der Waals surface area contributed by atoms with Crippen LogP contribution in [-0.4, -0.2) is 40.5 Å². The Morgan fingerprint density at radius 2 is 1.94 bits per heavy atom. The van der Waals surface area contributed by atoms with Gasteiger partial charge in [0, 0.05) is 18.8 Å². The quantitative estimate of drug-likeness (QED) is 0.627. The highest BCUT2D eigenvalue weighted by Gasteiger charge is 2.35. The van der Waals surface area contributed by atoms with Crippen LogP contribution in [0.4, 0.5) is 18.9 Å². The van der Waals surface area contributed by atoms with Crippen molar-refractivity contribution < 1.29 is 26.4 Å². The maximum Gasteiger partial charge on any atom is 0.416 e. The molecule has 0 radical (unpaired) electrons. The van der Waals surface area contributed by atoms with E-state index in [1.54, 1.807) is 12.1 Å². The number of hydrogen-bond donors (Lipinski definition) is 1. The predicted molar refractivity (Wildman–Crippen MR) is 109 cm³/mol. The molecule has 1 fully saturated rings. The van der Waals surface area contributed by atoms with E-state index in [-0.39, 0.29) is 29.2 Å². The minimum absolute atomic E-state index is 0.0121. The van der Waals surface area contributed by atoms with Gasteiger partial charge < -0.3 is 5.32 Å². The monoisotopic (exact) mass is 470 g/mol. The Labute approximate surface area is 180 Å². The fraction of sp³-hybridized carbons (Fsp3) is 0.316. The number of piperidine rings is 1. The van der Waals surface area contributed by atoms with E-state index in [2.05, 4.69) is 14.1 Å². The Balaban J connectivity index is 1.52. The molecular weight excluding hydrogens is 453 g/mol. The van der Waals surface area contributed by atoms with Crippen LogP contribution < -0.4 is 5.32 Å². The molecule has 164 valence electrons. The lowest BCUT2D eigenvalue weighted by atomic mass is 9.98. The Bertz CT molecular complexity index is 1230. The number of nitrogens with zero attached hydrogens (tertiary/aromatic N) is 3. The third-order valence-electron chi connectivity index (χ3n) is 5.08. The lowest BCUT2D eigenvalue weighted by Crippen LogP contribution is -2.43. The van der Waals surface area contributed by atoms with E-state index in [9.17, 15) is 26.4 Å². The molecule has 1 aliphatic heterocycles. The number of carbonyl (C=O) groups excluding carboxylic acids is 1. The molecule has 1 amide bonds. The summed E-state index contributed by atoms with van der Waals surface area (Å²) in [4.78, 5) is 12.7. The van der Waals surface area contributed by atoms with Gasteiger partial charge in [-0.2, -0.15) is 26.2 Å². The van der Waals surface area contributed by atoms with Crippen LogP contribution in [0.25, 0.3) is 11.0 Å². The number of sulfonamides is 1. The van der Waals surface area contributed by atoms with Gasteiger partial charge in [-0.1, -0.05) is 12.1 Å². The number of anilines is 1. The number of halogens is 3. The first kappa shape index (κ1) is 21.7. The predicted octanol–water partition coefficient (Wildman–Crippen LogP) is 3.75. The summed E-state index contributed by atoms with van der Waals surface area (Å²) in [7, 11) is -3.92. The van der Waals surface area contributed by atoms with Crippen LogP contribution in [0, 0.1) is 5.92 Å². The van der Waals surface area contributed by atoms with Crippen molar-refractivity contribution in [2.24, 2.45) is 5.92 Å². The maximum absolute atomic E-state index is 13.2. The molecule has 0 unspecified atom stereocenters. The largest absolute Gasteiger partial charge is 0.416 e. The van der Waals surface area contributed by atoms with Crippen LogP contribution in [0.5, 0.6) is 0 Å². The third kappa shape index (κ3) is 4.41. The molecule has 0 spiro atoms. The van der Waals surface area contributed by atoms with Crippen LogP contribution in [0.15, 0.2) is 47.4 Å². The van der Waals surface area contributed by atoms with E-state index in [0.717, 1.165) is 23.9 Å². The standard InChI is InChI=1S/C19H17F3N4O3S2/c20-19(21,22)13-5-1-6-14(10-13)23-18(27)12-4-3-9-26(11-12)31(28,29)16-8-2-7-15-17(16)25-30-24-15/h1-2,5-8,10,12H,3-4,9,11H2,(H,23,27)/t12-/m1/s1. The molecule has 31 heavy (non-hydrogen) atoms. The van der Waals surface area contributed by atoms with E-state index >= 15 is 0 Å². The van der Waals surface area contributed by atoms with Crippen LogP contribution in [0.1, 0.15) is 18.4 Å². The number of alkyl halides is 3. The van der Waals surface area contributed by atoms with Crippen LogP contribution in [0.3, 0.4) is 0 Å². The first-order valence-electron chi connectivity index (χ1n) is 9.36. The van der Waals surface area contributed by atoms with Crippen LogP contribution in [0.2, 0.25) is 0 Å². The molecule has 2 aromatic carbocycles. The van der Waals surface area contributed by atoms with E-state index in [0.29, 0.717) is 18.4 Å². The van der Waals surface area contributed by atoms with Gasteiger partial charge in [0.2, 0.25) is 15.9 Å². The molecule has 0 bridgehead atoms. The number of fused-ring (bicyclic) bond motifs is 1. The van der Waals surface area contributed by atoms with E-state index in [1.807, 2.05) is 0 Å². The van der Waals surface area contributed by atoms with Crippen LogP contribution >= 0.6 is 11.7 Å². The molecule has 1 N–H and O–H groups in total. The molecule has 2 heterocycles. The molecule has 7 nitrogen and oxygen atoms in total. The SMILES string of the molecule is O=C(Nc1cccc(C(F)(F)F)c1)[C@@H]1CCCN(S(=O)(=O)c2cccc3nsnc23)C1. The lowest BCUT2D eigenvalue weighted by molar-refractivity contribution is -0.137. The van der Waals surface area contributed by atoms with Crippen molar-refractivity contribution >= 4 is 44.4 Å². The molecule has 1 atom stereocenters. The second-order valence-electron chi connectivity index (χ2n) is 7.16. The second-order valence-corrected chi connectivity index (χ2v) is 9.59. The zero-order chi connectivity index (χ0) is 22.2. The van der Waals surface area contributed by atoms with Crippen LogP contribution in [-0.2, 0) is 21.0 Å². The average Bonchev–Trinajstić information content (AvgIpc) is 3.22. The minimum Gasteiger partial charge on any atom is -0.326 e. The summed E-state index contributed by atoms with van der Waals surface area (Å²) in [6.45, 7) is 0.171. The van der Waals surface area contributed by atoms with Gasteiger partial charge in [0.15, 0.2) is 0 Å². The topological polar surface area (TPSA) is 92.3 Å². The Morgan fingerprint density at radius 3 is 2.71 bits per heavy atom. The summed E-state index contributed by atoms with van der Waals surface area (Å²) in [5.41, 5.74) is -0.105. The number of carbonyl (C=O) groups is 1. The van der Waals surface area contributed by atoms with Gasteiger partial charge in [0.25, 0.3) is 0 Å². The van der Waals surface area contributed by atoms with Crippen molar-refractivity contribution in [2.45, 2.75) is 23.9 Å². The zero-order valence-electron chi connectivity index (χ0n) is 16.0. The lowest BCUT2D eigenvalue weighted by Gasteiger charge is -2.31. The summed E-state index contributed by atoms with van der Waals surface area (Å²) in [5.74, 6) is -1.21. The molecule has 1 saturated heterocycles. The Hall–Kier alpha value is -2.57. The minimum atomic E-state index is -4.53. The highest BCUT2D eigenvalue weighted by Crippen LogP contribution is 2.32. The molecule has 4 rings (SSSR count). The van der Waals surface area contributed by atoms with Crippen molar-refractivity contribution in [3.8, 4) is 0 Å². The average molecular weight is 470 g/mol. The van der Waals surface area contributed by atoms with E-state index < -0.39 is 33.6 Å². The van der Waals surface area contributed by atoms with Gasteiger partial charge in [0.05, 0.1) is 23.2 Å². The number of benzene rings is 2. The summed E-state index contributed by atoms with van der Waals surface area (Å²) in [6, 6.07) is 9.03. The fourth-order valence-corrected chi connectivity index (χ4v) is 5.80. The van der Waals surface area contributed by atoms with Gasteiger partial charge in [0.1, 0.15) is 15.9 Å². The summed E-state index contributed by atoms with van der Waals surface area (Å²) in [6.07, 6.45) is -3.65. The molecule has 1 aliphatic rings. The van der Waals surface area contributed by atoms with Gasteiger partial charge in [-0.15, -0.1) is 0 Å². The number of nitrogens with one attached hydrogen (secondary N) is 1. The molecule has 0 aliphatic carbocycles. The van der Waals surface area contributed by atoms with Crippen molar-refractivity contribution in [3.05, 3.63) is 48.0 Å². The molecule has 12 heteroatoms. The summed E-state index contributed by atoms with van der Waals surface area (Å²) in [5, 5.41) is 2.48. The maximum atomic E-state index is 13.2. The third-order valence-corrected chi connectivity index (χ3v) is 7.52. The molecule has 0 saturated carbocycles. The highest BCUT2D eigenvalue weighted by molar-refractivity contribution is 7.89. The van der Waals surface area contributed by atoms with Gasteiger partial charge in [-0.3, -0.25) is 4.79 Å². The first-order valence-corrected chi connectivity index (χ1v) is 11.5.